The van der Waals surface area contributed by atoms with E-state index in [1.165, 1.54) is 11.1 Å². The fourth-order valence-corrected chi connectivity index (χ4v) is 2.37. The lowest BCUT2D eigenvalue weighted by molar-refractivity contribution is 0.0955. The van der Waals surface area contributed by atoms with Crippen LogP contribution in [-0.4, -0.2) is 19.0 Å². The Morgan fingerprint density at radius 2 is 1.87 bits per heavy atom. The molecule has 1 amide bonds. The molecular weight excluding hydrogens is 284 g/mol. The highest BCUT2D eigenvalue weighted by atomic mass is 16.1. The Kier molecular flexibility index (Phi) is 6.57. The molecule has 3 heteroatoms. The van der Waals surface area contributed by atoms with E-state index in [2.05, 4.69) is 35.8 Å². The van der Waals surface area contributed by atoms with Gasteiger partial charge in [-0.05, 0) is 37.1 Å². The largest absolute Gasteiger partial charge is 0.352 e. The van der Waals surface area contributed by atoms with E-state index in [0.717, 1.165) is 18.7 Å². The van der Waals surface area contributed by atoms with Gasteiger partial charge in [-0.15, -0.1) is 0 Å². The normalized spacial score (nSPS) is 11.3. The number of amides is 1. The molecule has 0 aliphatic rings. The number of carbonyl (C=O) groups excluding carboxylic acids is 1. The lowest BCUT2D eigenvalue weighted by atomic mass is 10.1. The van der Waals surface area contributed by atoms with E-state index >= 15 is 0 Å². The summed E-state index contributed by atoms with van der Waals surface area (Å²) in [6.07, 6.45) is 2.18. The number of carbonyl (C=O) groups is 1. The molecule has 0 aliphatic carbocycles. The first-order chi connectivity index (χ1) is 11.2. The van der Waals surface area contributed by atoms with Crippen LogP contribution in [0.2, 0.25) is 0 Å². The van der Waals surface area contributed by atoms with E-state index in [-0.39, 0.29) is 5.91 Å². The second-order valence-electron chi connectivity index (χ2n) is 5.56. The van der Waals surface area contributed by atoms with Crippen molar-refractivity contribution in [3.05, 3.63) is 76.9 Å². The lowest BCUT2D eigenvalue weighted by Gasteiger charge is -2.08. The van der Waals surface area contributed by atoms with Crippen LogP contribution in [0.4, 0.5) is 0 Å². The number of rotatable bonds is 7. The van der Waals surface area contributed by atoms with Crippen LogP contribution >= 0.6 is 0 Å². The molecule has 3 nitrogen and oxygen atoms in total. The molecule has 120 valence electrons. The molecule has 0 saturated heterocycles. The summed E-state index contributed by atoms with van der Waals surface area (Å²) in [5, 5.41) is 6.24. The fourth-order valence-electron chi connectivity index (χ4n) is 2.37. The Balaban J connectivity index is 1.88. The monoisotopic (exact) mass is 308 g/mol. The van der Waals surface area contributed by atoms with Crippen molar-refractivity contribution in [2.75, 3.05) is 13.1 Å². The van der Waals surface area contributed by atoms with Gasteiger partial charge < -0.3 is 10.6 Å². The summed E-state index contributed by atoms with van der Waals surface area (Å²) < 4.78 is 0. The zero-order chi connectivity index (χ0) is 16.5. The first-order valence-corrected chi connectivity index (χ1v) is 7.99. The van der Waals surface area contributed by atoms with Crippen LogP contribution in [-0.2, 0) is 6.54 Å². The van der Waals surface area contributed by atoms with Crippen LogP contribution in [0, 0.1) is 0 Å². The summed E-state index contributed by atoms with van der Waals surface area (Å²) in [6, 6.07) is 18.0. The molecule has 0 heterocycles. The van der Waals surface area contributed by atoms with E-state index in [1.54, 1.807) is 0 Å². The second kappa shape index (κ2) is 8.91. The Labute approximate surface area is 138 Å². The second-order valence-corrected chi connectivity index (χ2v) is 5.56. The Hall–Kier alpha value is -2.39. The summed E-state index contributed by atoms with van der Waals surface area (Å²) in [5.74, 6) is -0.0190. The van der Waals surface area contributed by atoms with Gasteiger partial charge in [0.25, 0.3) is 5.91 Å². The highest BCUT2D eigenvalue weighted by Crippen LogP contribution is 2.07. The van der Waals surface area contributed by atoms with Crippen molar-refractivity contribution >= 4 is 12.0 Å². The van der Waals surface area contributed by atoms with Crippen molar-refractivity contribution in [1.82, 2.24) is 10.6 Å². The highest BCUT2D eigenvalue weighted by molar-refractivity contribution is 5.94. The van der Waals surface area contributed by atoms with Gasteiger partial charge >= 0.3 is 0 Å². The summed E-state index contributed by atoms with van der Waals surface area (Å²) >= 11 is 0. The van der Waals surface area contributed by atoms with Crippen LogP contribution in [0.25, 0.3) is 6.08 Å². The maximum atomic E-state index is 11.8. The molecule has 0 bridgehead atoms. The molecular formula is C20H24N2O. The fraction of sp³-hybridized carbons (Fsp3) is 0.250. The SMILES string of the molecule is CCNC(=O)c1cccc(CNC/C(C)=C/c2ccccc2)c1. The molecule has 0 fully saturated rings. The molecule has 0 aliphatic heterocycles. The van der Waals surface area contributed by atoms with Crippen molar-refractivity contribution in [2.24, 2.45) is 0 Å². The van der Waals surface area contributed by atoms with Gasteiger partial charge in [-0.3, -0.25) is 4.79 Å². The van der Waals surface area contributed by atoms with Gasteiger partial charge in [0, 0.05) is 25.2 Å². The molecule has 0 radical (unpaired) electrons. The van der Waals surface area contributed by atoms with E-state index in [1.807, 2.05) is 49.4 Å². The predicted octanol–water partition coefficient (Wildman–Crippen LogP) is 3.63. The zero-order valence-electron chi connectivity index (χ0n) is 13.8. The van der Waals surface area contributed by atoms with Crippen LogP contribution in [0.15, 0.2) is 60.2 Å². The molecule has 2 aromatic carbocycles. The quantitative estimate of drug-likeness (QED) is 0.820. The van der Waals surface area contributed by atoms with Crippen molar-refractivity contribution in [2.45, 2.75) is 20.4 Å². The van der Waals surface area contributed by atoms with E-state index in [0.29, 0.717) is 12.1 Å². The van der Waals surface area contributed by atoms with Crippen LogP contribution in [0.1, 0.15) is 35.3 Å². The third kappa shape index (κ3) is 5.72. The molecule has 0 aromatic heterocycles. The predicted molar refractivity (Wildman–Crippen MR) is 96.2 cm³/mol. The molecule has 23 heavy (non-hydrogen) atoms. The minimum absolute atomic E-state index is 0.0190. The Bertz CT molecular complexity index is 662. The molecule has 2 N–H and O–H groups in total. The lowest BCUT2D eigenvalue weighted by Crippen LogP contribution is -2.23. The van der Waals surface area contributed by atoms with Gasteiger partial charge in [-0.2, -0.15) is 0 Å². The third-order valence-corrected chi connectivity index (χ3v) is 3.47. The molecule has 0 atom stereocenters. The molecule has 0 spiro atoms. The molecule has 2 aromatic rings. The number of hydrogen-bond acceptors (Lipinski definition) is 2. The topological polar surface area (TPSA) is 41.1 Å². The average Bonchev–Trinajstić information content (AvgIpc) is 2.56. The average molecular weight is 308 g/mol. The van der Waals surface area contributed by atoms with Gasteiger partial charge in [0.15, 0.2) is 0 Å². The van der Waals surface area contributed by atoms with E-state index < -0.39 is 0 Å². The first kappa shape index (κ1) is 17.0. The van der Waals surface area contributed by atoms with Crippen LogP contribution < -0.4 is 10.6 Å². The number of hydrogen-bond donors (Lipinski definition) is 2. The van der Waals surface area contributed by atoms with Crippen molar-refractivity contribution in [3.63, 3.8) is 0 Å². The van der Waals surface area contributed by atoms with E-state index in [4.69, 9.17) is 0 Å². The maximum Gasteiger partial charge on any atom is 0.251 e. The number of nitrogens with one attached hydrogen (secondary N) is 2. The van der Waals surface area contributed by atoms with Crippen LogP contribution in [0.5, 0.6) is 0 Å². The molecule has 0 saturated carbocycles. The molecule has 2 rings (SSSR count). The smallest absolute Gasteiger partial charge is 0.251 e. The van der Waals surface area contributed by atoms with Gasteiger partial charge in [0.2, 0.25) is 0 Å². The summed E-state index contributed by atoms with van der Waals surface area (Å²) in [5.41, 5.74) is 4.31. The van der Waals surface area contributed by atoms with Crippen molar-refractivity contribution in [3.8, 4) is 0 Å². The number of benzene rings is 2. The summed E-state index contributed by atoms with van der Waals surface area (Å²) in [7, 11) is 0. The minimum atomic E-state index is -0.0190. The van der Waals surface area contributed by atoms with Gasteiger partial charge in [-0.25, -0.2) is 0 Å². The Morgan fingerprint density at radius 1 is 1.09 bits per heavy atom. The summed E-state index contributed by atoms with van der Waals surface area (Å²) in [4.78, 5) is 11.8. The zero-order valence-corrected chi connectivity index (χ0v) is 13.8. The summed E-state index contributed by atoms with van der Waals surface area (Å²) in [6.45, 7) is 6.24. The molecule has 0 unspecified atom stereocenters. The third-order valence-electron chi connectivity index (χ3n) is 3.47. The maximum absolute atomic E-state index is 11.8. The van der Waals surface area contributed by atoms with E-state index in [9.17, 15) is 4.79 Å². The van der Waals surface area contributed by atoms with Gasteiger partial charge in [-0.1, -0.05) is 54.1 Å². The van der Waals surface area contributed by atoms with Crippen molar-refractivity contribution < 1.29 is 4.79 Å². The first-order valence-electron chi connectivity index (χ1n) is 7.99. The highest BCUT2D eigenvalue weighted by Gasteiger charge is 2.04. The van der Waals surface area contributed by atoms with Crippen molar-refractivity contribution in [1.29, 1.82) is 0 Å². The minimum Gasteiger partial charge on any atom is -0.352 e. The van der Waals surface area contributed by atoms with Crippen LogP contribution in [0.3, 0.4) is 0 Å². The Morgan fingerprint density at radius 3 is 2.61 bits per heavy atom. The van der Waals surface area contributed by atoms with Gasteiger partial charge in [0.1, 0.15) is 0 Å². The standard InChI is InChI=1S/C20H24N2O/c1-3-22-20(23)19-11-7-10-18(13-19)15-21-14-16(2)12-17-8-5-4-6-9-17/h4-13,21H,3,14-15H2,1-2H3,(H,22,23)/b16-12+. The van der Waals surface area contributed by atoms with Gasteiger partial charge in [0.05, 0.1) is 0 Å².